The highest BCUT2D eigenvalue weighted by atomic mass is 16.5. The predicted octanol–water partition coefficient (Wildman–Crippen LogP) is 2.76. The summed E-state index contributed by atoms with van der Waals surface area (Å²) < 4.78 is 10.4. The van der Waals surface area contributed by atoms with Gasteiger partial charge in [0.05, 0.1) is 13.2 Å². The van der Waals surface area contributed by atoms with Crippen LogP contribution in [0.25, 0.3) is 0 Å². The van der Waals surface area contributed by atoms with Crippen LogP contribution in [0.5, 0.6) is 5.75 Å². The SMILES string of the molecule is Cc1cccc(NC(=O)CNC(=O)COC(=O)CCCOc2ccccc2)c1C. The number of nitrogens with one attached hydrogen (secondary N) is 2. The molecule has 7 nitrogen and oxygen atoms in total. The first-order valence-corrected chi connectivity index (χ1v) is 9.42. The minimum atomic E-state index is -0.532. The molecule has 2 N–H and O–H groups in total. The number of amides is 2. The summed E-state index contributed by atoms with van der Waals surface area (Å²) in [5.41, 5.74) is 2.73. The second-order valence-electron chi connectivity index (χ2n) is 6.50. The molecule has 0 aliphatic heterocycles. The molecule has 0 atom stereocenters. The Morgan fingerprint density at radius 2 is 1.69 bits per heavy atom. The van der Waals surface area contributed by atoms with Crippen molar-refractivity contribution >= 4 is 23.5 Å². The molecule has 154 valence electrons. The van der Waals surface area contributed by atoms with Crippen LogP contribution in [0.15, 0.2) is 48.5 Å². The Labute approximate surface area is 170 Å². The van der Waals surface area contributed by atoms with Crippen LogP contribution in [-0.4, -0.2) is 37.5 Å². The first-order chi connectivity index (χ1) is 14.0. The molecular weight excluding hydrogens is 372 g/mol. The zero-order chi connectivity index (χ0) is 21.1. The maximum Gasteiger partial charge on any atom is 0.306 e. The molecule has 0 radical (unpaired) electrons. The van der Waals surface area contributed by atoms with Crippen LogP contribution in [0.2, 0.25) is 0 Å². The summed E-state index contributed by atoms with van der Waals surface area (Å²) in [6.07, 6.45) is 0.626. The van der Waals surface area contributed by atoms with Gasteiger partial charge in [0.15, 0.2) is 6.61 Å². The zero-order valence-corrected chi connectivity index (χ0v) is 16.7. The van der Waals surface area contributed by atoms with Crippen LogP contribution in [0.1, 0.15) is 24.0 Å². The van der Waals surface area contributed by atoms with Crippen molar-refractivity contribution in [2.24, 2.45) is 0 Å². The Morgan fingerprint density at radius 1 is 0.931 bits per heavy atom. The number of carbonyl (C=O) groups excluding carboxylic acids is 3. The van der Waals surface area contributed by atoms with Crippen LogP contribution >= 0.6 is 0 Å². The molecule has 29 heavy (non-hydrogen) atoms. The van der Waals surface area contributed by atoms with E-state index in [1.54, 1.807) is 6.07 Å². The number of rotatable bonds is 10. The van der Waals surface area contributed by atoms with E-state index in [0.717, 1.165) is 16.9 Å². The monoisotopic (exact) mass is 398 g/mol. The first kappa shape index (κ1) is 21.9. The van der Waals surface area contributed by atoms with E-state index in [9.17, 15) is 14.4 Å². The van der Waals surface area contributed by atoms with Gasteiger partial charge >= 0.3 is 5.97 Å². The summed E-state index contributed by atoms with van der Waals surface area (Å²) in [4.78, 5) is 35.4. The van der Waals surface area contributed by atoms with Crippen LogP contribution in [0.3, 0.4) is 0 Å². The minimum Gasteiger partial charge on any atom is -0.494 e. The number of aryl methyl sites for hydroxylation is 1. The van der Waals surface area contributed by atoms with Crippen LogP contribution in [-0.2, 0) is 19.1 Å². The summed E-state index contributed by atoms with van der Waals surface area (Å²) in [7, 11) is 0. The molecule has 0 aliphatic carbocycles. The molecule has 0 saturated carbocycles. The molecule has 0 unspecified atom stereocenters. The van der Waals surface area contributed by atoms with E-state index >= 15 is 0 Å². The van der Waals surface area contributed by atoms with Crippen molar-refractivity contribution < 1.29 is 23.9 Å². The van der Waals surface area contributed by atoms with Crippen LogP contribution in [0, 0.1) is 13.8 Å². The first-order valence-electron chi connectivity index (χ1n) is 9.42. The van der Waals surface area contributed by atoms with Crippen molar-refractivity contribution in [3.63, 3.8) is 0 Å². The van der Waals surface area contributed by atoms with Crippen molar-refractivity contribution in [2.75, 3.05) is 25.1 Å². The van der Waals surface area contributed by atoms with E-state index in [0.29, 0.717) is 18.7 Å². The molecule has 0 bridgehead atoms. The minimum absolute atomic E-state index is 0.146. The number of carbonyl (C=O) groups is 3. The highest BCUT2D eigenvalue weighted by molar-refractivity contribution is 5.95. The fraction of sp³-hybridized carbons (Fsp3) is 0.318. The topological polar surface area (TPSA) is 93.7 Å². The van der Waals surface area contributed by atoms with Gasteiger partial charge in [-0.15, -0.1) is 0 Å². The maximum absolute atomic E-state index is 12.0. The molecule has 2 aromatic carbocycles. The molecule has 0 spiro atoms. The molecule has 0 fully saturated rings. The van der Waals surface area contributed by atoms with E-state index in [4.69, 9.17) is 9.47 Å². The van der Waals surface area contributed by atoms with Crippen LogP contribution < -0.4 is 15.4 Å². The second-order valence-corrected chi connectivity index (χ2v) is 6.50. The van der Waals surface area contributed by atoms with Crippen LogP contribution in [0.4, 0.5) is 5.69 Å². The van der Waals surface area contributed by atoms with Gasteiger partial charge in [-0.05, 0) is 49.6 Å². The highest BCUT2D eigenvalue weighted by Gasteiger charge is 2.10. The lowest BCUT2D eigenvalue weighted by atomic mass is 10.1. The number of hydrogen-bond acceptors (Lipinski definition) is 5. The molecule has 2 aromatic rings. The van der Waals surface area contributed by atoms with Gasteiger partial charge in [0.1, 0.15) is 5.75 Å². The van der Waals surface area contributed by atoms with Gasteiger partial charge in [-0.1, -0.05) is 30.3 Å². The van der Waals surface area contributed by atoms with E-state index in [2.05, 4.69) is 10.6 Å². The third-order valence-corrected chi connectivity index (χ3v) is 4.23. The number of anilines is 1. The van der Waals surface area contributed by atoms with Gasteiger partial charge in [0.2, 0.25) is 5.91 Å². The fourth-order valence-electron chi connectivity index (χ4n) is 2.45. The summed E-state index contributed by atoms with van der Waals surface area (Å²) in [5.74, 6) is -0.637. The quantitative estimate of drug-likeness (QED) is 0.474. The smallest absolute Gasteiger partial charge is 0.306 e. The normalized spacial score (nSPS) is 10.1. The van der Waals surface area contributed by atoms with E-state index in [-0.39, 0.29) is 18.9 Å². The Hall–Kier alpha value is -3.35. The van der Waals surface area contributed by atoms with Gasteiger partial charge in [-0.3, -0.25) is 14.4 Å². The average molecular weight is 398 g/mol. The van der Waals surface area contributed by atoms with Gasteiger partial charge in [0, 0.05) is 12.1 Å². The second kappa shape index (κ2) is 11.5. The molecule has 0 heterocycles. The summed E-state index contributed by atoms with van der Waals surface area (Å²) >= 11 is 0. The molecular formula is C22H26N2O5. The Balaban J connectivity index is 1.58. The molecule has 2 amide bonds. The van der Waals surface area contributed by atoms with E-state index in [1.807, 2.05) is 56.3 Å². The Bertz CT molecular complexity index is 836. The molecule has 0 aliphatic rings. The fourth-order valence-corrected chi connectivity index (χ4v) is 2.45. The molecule has 2 rings (SSSR count). The van der Waals surface area contributed by atoms with E-state index < -0.39 is 18.5 Å². The number of benzene rings is 2. The predicted molar refractivity (Wildman–Crippen MR) is 110 cm³/mol. The highest BCUT2D eigenvalue weighted by Crippen LogP contribution is 2.17. The maximum atomic E-state index is 12.0. The van der Waals surface area contributed by atoms with E-state index in [1.165, 1.54) is 0 Å². The van der Waals surface area contributed by atoms with Crippen molar-refractivity contribution in [3.8, 4) is 5.75 Å². The Morgan fingerprint density at radius 3 is 2.45 bits per heavy atom. The number of esters is 1. The molecule has 0 saturated heterocycles. The Kier molecular flexibility index (Phi) is 8.69. The summed E-state index contributed by atoms with van der Waals surface area (Å²) in [6.45, 7) is 3.62. The van der Waals surface area contributed by atoms with Crippen molar-refractivity contribution in [2.45, 2.75) is 26.7 Å². The van der Waals surface area contributed by atoms with Gasteiger partial charge in [-0.2, -0.15) is 0 Å². The lowest BCUT2D eigenvalue weighted by molar-refractivity contribution is -0.148. The van der Waals surface area contributed by atoms with Crippen molar-refractivity contribution in [1.29, 1.82) is 0 Å². The summed E-state index contributed by atoms with van der Waals surface area (Å²) in [5, 5.41) is 5.17. The van der Waals surface area contributed by atoms with Crippen molar-refractivity contribution in [3.05, 3.63) is 59.7 Å². The third kappa shape index (κ3) is 8.04. The third-order valence-electron chi connectivity index (χ3n) is 4.23. The van der Waals surface area contributed by atoms with Crippen molar-refractivity contribution in [1.82, 2.24) is 5.32 Å². The lowest BCUT2D eigenvalue weighted by Gasteiger charge is -2.11. The largest absolute Gasteiger partial charge is 0.494 e. The number of ether oxygens (including phenoxy) is 2. The van der Waals surface area contributed by atoms with Gasteiger partial charge in [-0.25, -0.2) is 0 Å². The van der Waals surface area contributed by atoms with Gasteiger partial charge in [0.25, 0.3) is 5.91 Å². The summed E-state index contributed by atoms with van der Waals surface area (Å²) in [6, 6.07) is 14.9. The standard InChI is InChI=1S/C22H26N2O5/c1-16-8-6-11-19(17(16)2)24-20(25)14-23-21(26)15-29-22(27)12-7-13-28-18-9-4-3-5-10-18/h3-6,8-11H,7,12-15H2,1-2H3,(H,23,26)(H,24,25). The zero-order valence-electron chi connectivity index (χ0n) is 16.7. The average Bonchev–Trinajstić information content (AvgIpc) is 2.72. The number of hydrogen-bond donors (Lipinski definition) is 2. The molecule has 7 heteroatoms. The lowest BCUT2D eigenvalue weighted by Crippen LogP contribution is -2.35. The molecule has 0 aromatic heterocycles. The number of para-hydroxylation sites is 1. The van der Waals surface area contributed by atoms with Gasteiger partial charge < -0.3 is 20.1 Å².